The van der Waals surface area contributed by atoms with Gasteiger partial charge in [-0.1, -0.05) is 0 Å². The molecule has 2 rings (SSSR count). The summed E-state index contributed by atoms with van der Waals surface area (Å²) in [6.07, 6.45) is 0. The lowest BCUT2D eigenvalue weighted by Crippen LogP contribution is -2.26. The second kappa shape index (κ2) is 6.95. The van der Waals surface area contributed by atoms with E-state index in [9.17, 15) is 29.6 Å². The van der Waals surface area contributed by atoms with Gasteiger partial charge in [0, 0.05) is 12.1 Å². The number of benzene rings is 1. The van der Waals surface area contributed by atoms with E-state index >= 15 is 0 Å². The molecule has 0 saturated carbocycles. The molecule has 130 valence electrons. The van der Waals surface area contributed by atoms with Gasteiger partial charge < -0.3 is 9.84 Å². The van der Waals surface area contributed by atoms with Crippen molar-refractivity contribution < 1.29 is 24.4 Å². The van der Waals surface area contributed by atoms with Crippen molar-refractivity contribution in [3.8, 4) is 11.6 Å². The highest BCUT2D eigenvalue weighted by Crippen LogP contribution is 2.23. The number of hydrogen-bond donors (Lipinski definition) is 1. The van der Waals surface area contributed by atoms with Gasteiger partial charge >= 0.3 is 5.97 Å². The molecule has 0 fully saturated rings. The predicted molar refractivity (Wildman–Crippen MR) is 86.3 cm³/mol. The summed E-state index contributed by atoms with van der Waals surface area (Å²) < 4.78 is 5.54. The van der Waals surface area contributed by atoms with E-state index in [4.69, 9.17) is 4.74 Å². The van der Waals surface area contributed by atoms with E-state index in [1.807, 2.05) is 0 Å². The lowest BCUT2D eigenvalue weighted by molar-refractivity contribution is -0.384. The number of hydrogen-bond acceptors (Lipinski definition) is 7. The van der Waals surface area contributed by atoms with Crippen LogP contribution in [0.2, 0.25) is 0 Å². The minimum atomic E-state index is -0.904. The molecule has 25 heavy (non-hydrogen) atoms. The molecule has 0 amide bonds. The molecule has 1 aromatic carbocycles. The summed E-state index contributed by atoms with van der Waals surface area (Å²) in [5.74, 6) is -2.23. The van der Waals surface area contributed by atoms with Crippen LogP contribution in [-0.2, 0) is 4.74 Å². The zero-order valence-corrected chi connectivity index (χ0v) is 13.4. The molecule has 0 aliphatic heterocycles. The van der Waals surface area contributed by atoms with Gasteiger partial charge in [-0.25, -0.2) is 9.36 Å². The van der Waals surface area contributed by atoms with Crippen molar-refractivity contribution in [3.63, 3.8) is 0 Å². The molecule has 0 spiro atoms. The summed E-state index contributed by atoms with van der Waals surface area (Å²) in [5.41, 5.74) is -1.69. The zero-order valence-electron chi connectivity index (χ0n) is 13.4. The topological polar surface area (TPSA) is 129 Å². The molecule has 0 aliphatic carbocycles. The highest BCUT2D eigenvalue weighted by atomic mass is 16.6. The van der Waals surface area contributed by atoms with E-state index in [0.717, 1.165) is 29.7 Å². The highest BCUT2D eigenvalue weighted by molar-refractivity contribution is 5.98. The number of esters is 1. The van der Waals surface area contributed by atoms with Crippen molar-refractivity contribution in [2.45, 2.75) is 13.8 Å². The number of pyridine rings is 1. The van der Waals surface area contributed by atoms with E-state index in [0.29, 0.717) is 0 Å². The average Bonchev–Trinajstić information content (AvgIpc) is 2.55. The van der Waals surface area contributed by atoms with Crippen molar-refractivity contribution in [3.05, 3.63) is 61.9 Å². The van der Waals surface area contributed by atoms with Crippen molar-refractivity contribution >= 4 is 17.4 Å². The van der Waals surface area contributed by atoms with E-state index in [2.05, 4.69) is 0 Å². The molecule has 2 aromatic rings. The Bertz CT molecular complexity index is 913. The number of carbonyl (C=O) groups excluding carboxylic acids is 2. The van der Waals surface area contributed by atoms with Crippen molar-refractivity contribution in [2.75, 3.05) is 6.61 Å². The maximum absolute atomic E-state index is 12.5. The van der Waals surface area contributed by atoms with Crippen LogP contribution in [0.15, 0.2) is 35.1 Å². The molecule has 0 atom stereocenters. The van der Waals surface area contributed by atoms with Gasteiger partial charge in [-0.05, 0) is 32.0 Å². The first-order valence-corrected chi connectivity index (χ1v) is 7.19. The number of carbonyl (C=O) groups is 2. The molecule has 0 aliphatic rings. The Balaban J connectivity index is 2.75. The van der Waals surface area contributed by atoms with Crippen LogP contribution in [0.5, 0.6) is 5.88 Å². The molecule has 9 nitrogen and oxygen atoms in total. The molecule has 9 heteroatoms. The Morgan fingerprint density at radius 1 is 1.24 bits per heavy atom. The van der Waals surface area contributed by atoms with Crippen LogP contribution in [0.1, 0.15) is 34.6 Å². The number of nitrogens with zero attached hydrogens (tertiary/aromatic N) is 2. The van der Waals surface area contributed by atoms with Crippen molar-refractivity contribution in [1.29, 1.82) is 0 Å². The highest BCUT2D eigenvalue weighted by Gasteiger charge is 2.23. The number of ether oxygens (including phenoxy) is 1. The third-order valence-electron chi connectivity index (χ3n) is 3.37. The number of Topliss-reactive ketones (excluding diaryl/α,β-unsaturated/α-hetero) is 1. The van der Waals surface area contributed by atoms with E-state index in [1.54, 1.807) is 6.92 Å². The third-order valence-corrected chi connectivity index (χ3v) is 3.37. The summed E-state index contributed by atoms with van der Waals surface area (Å²) in [6.45, 7) is 2.74. The minimum absolute atomic E-state index is 0.0321. The molecule has 1 aromatic heterocycles. The first-order valence-electron chi connectivity index (χ1n) is 7.19. The second-order valence-electron chi connectivity index (χ2n) is 4.99. The summed E-state index contributed by atoms with van der Waals surface area (Å²) in [4.78, 5) is 46.3. The first-order chi connectivity index (χ1) is 11.8. The quantitative estimate of drug-likeness (QED) is 0.378. The standard InChI is InChI=1S/C16H14N2O7/c1-3-25-16(22)13-8-12(9(2)19)14(20)17(15(13)21)10-4-6-11(7-5-10)18(23)24/h4-8,21H,3H2,1-2H3. The molecule has 0 saturated heterocycles. The van der Waals surface area contributed by atoms with E-state index in [-0.39, 0.29) is 29.1 Å². The Morgan fingerprint density at radius 3 is 2.32 bits per heavy atom. The normalized spacial score (nSPS) is 10.3. The molecule has 1 heterocycles. The van der Waals surface area contributed by atoms with Crippen LogP contribution >= 0.6 is 0 Å². The number of nitro groups is 1. The van der Waals surface area contributed by atoms with Gasteiger partial charge in [-0.2, -0.15) is 0 Å². The molecular weight excluding hydrogens is 332 g/mol. The fourth-order valence-corrected chi connectivity index (χ4v) is 2.18. The van der Waals surface area contributed by atoms with Gasteiger partial charge in [0.25, 0.3) is 11.2 Å². The van der Waals surface area contributed by atoms with E-state index in [1.165, 1.54) is 12.1 Å². The van der Waals surface area contributed by atoms with Crippen LogP contribution in [0.25, 0.3) is 5.69 Å². The van der Waals surface area contributed by atoms with Gasteiger partial charge in [0.2, 0.25) is 5.88 Å². The molecule has 0 unspecified atom stereocenters. The Kier molecular flexibility index (Phi) is 4.97. The number of nitro benzene ring substituents is 1. The van der Waals surface area contributed by atoms with Gasteiger partial charge in [0.15, 0.2) is 5.78 Å². The number of aromatic hydroxyl groups is 1. The first kappa shape index (κ1) is 17.9. The molecule has 0 radical (unpaired) electrons. The number of rotatable bonds is 5. The minimum Gasteiger partial charge on any atom is -0.494 e. The fourth-order valence-electron chi connectivity index (χ4n) is 2.18. The maximum atomic E-state index is 12.5. The van der Waals surface area contributed by atoms with Gasteiger partial charge in [-0.3, -0.25) is 19.7 Å². The Hall–Kier alpha value is -3.49. The van der Waals surface area contributed by atoms with Crippen molar-refractivity contribution in [2.24, 2.45) is 0 Å². The zero-order chi connectivity index (χ0) is 18.7. The smallest absolute Gasteiger partial charge is 0.343 e. The largest absolute Gasteiger partial charge is 0.494 e. The third kappa shape index (κ3) is 3.39. The monoisotopic (exact) mass is 346 g/mol. The van der Waals surface area contributed by atoms with Crippen LogP contribution in [0, 0.1) is 10.1 Å². The molecular formula is C16H14N2O7. The van der Waals surface area contributed by atoms with Crippen LogP contribution in [0.4, 0.5) is 5.69 Å². The van der Waals surface area contributed by atoms with Crippen LogP contribution in [-0.4, -0.2) is 33.0 Å². The molecule has 1 N–H and O–H groups in total. The number of non-ortho nitro benzene ring substituents is 1. The maximum Gasteiger partial charge on any atom is 0.343 e. The second-order valence-corrected chi connectivity index (χ2v) is 4.99. The lowest BCUT2D eigenvalue weighted by Gasteiger charge is -2.13. The summed E-state index contributed by atoms with van der Waals surface area (Å²) in [6, 6.07) is 5.67. The summed E-state index contributed by atoms with van der Waals surface area (Å²) >= 11 is 0. The Morgan fingerprint density at radius 2 is 1.84 bits per heavy atom. The van der Waals surface area contributed by atoms with Gasteiger partial charge in [0.05, 0.1) is 22.8 Å². The Labute approximate surface area is 141 Å². The van der Waals surface area contributed by atoms with Crippen LogP contribution < -0.4 is 5.56 Å². The summed E-state index contributed by atoms with van der Waals surface area (Å²) in [5, 5.41) is 21.0. The van der Waals surface area contributed by atoms with Gasteiger partial charge in [0.1, 0.15) is 5.56 Å². The predicted octanol–water partition coefficient (Wildman–Crippen LogP) is 1.83. The van der Waals surface area contributed by atoms with E-state index < -0.39 is 28.1 Å². The van der Waals surface area contributed by atoms with Crippen molar-refractivity contribution in [1.82, 2.24) is 4.57 Å². The molecule has 0 bridgehead atoms. The average molecular weight is 346 g/mol. The van der Waals surface area contributed by atoms with Crippen LogP contribution in [0.3, 0.4) is 0 Å². The fraction of sp³-hybridized carbons (Fsp3) is 0.188. The lowest BCUT2D eigenvalue weighted by atomic mass is 10.1. The van der Waals surface area contributed by atoms with Gasteiger partial charge in [-0.15, -0.1) is 0 Å². The number of aromatic nitrogens is 1. The summed E-state index contributed by atoms with van der Waals surface area (Å²) in [7, 11) is 0. The SMILES string of the molecule is CCOC(=O)c1cc(C(C)=O)c(=O)n(-c2ccc([N+](=O)[O-])cc2)c1O. The number of ketones is 1.